The van der Waals surface area contributed by atoms with Crippen molar-refractivity contribution in [3.63, 3.8) is 0 Å². The largest absolute Gasteiger partial charge is 0.503 e. The molecule has 1 aromatic heterocycles. The molecular weight excluding hydrogens is 389 g/mol. The molecule has 0 spiro atoms. The monoisotopic (exact) mass is 404 g/mol. The second-order valence-corrected chi connectivity index (χ2v) is 5.65. The van der Waals surface area contributed by atoms with E-state index in [1.54, 1.807) is 24.3 Å². The van der Waals surface area contributed by atoms with Gasteiger partial charge in [-0.25, -0.2) is 4.79 Å². The number of aryl methyl sites for hydroxylation is 1. The van der Waals surface area contributed by atoms with E-state index in [1.807, 2.05) is 0 Å². The van der Waals surface area contributed by atoms with E-state index in [0.29, 0.717) is 11.1 Å². The third-order valence-corrected chi connectivity index (χ3v) is 3.98. The Morgan fingerprint density at radius 1 is 1.30 bits per heavy atom. The van der Waals surface area contributed by atoms with Crippen molar-refractivity contribution in [2.24, 2.45) is 7.05 Å². The molecular formula is C17H16ClF3N2O4. The first-order valence-electron chi connectivity index (χ1n) is 7.52. The van der Waals surface area contributed by atoms with Crippen LogP contribution in [0.5, 0.6) is 5.88 Å². The van der Waals surface area contributed by atoms with Gasteiger partial charge in [0.2, 0.25) is 5.88 Å². The van der Waals surface area contributed by atoms with Crippen LogP contribution >= 0.6 is 11.6 Å². The molecule has 0 aliphatic heterocycles. The number of carbonyl (C=O) groups is 1. The number of alkyl halides is 3. The number of methoxy groups -OCH3 is 2. The Hall–Kier alpha value is -2.68. The van der Waals surface area contributed by atoms with Crippen molar-refractivity contribution in [3.05, 3.63) is 52.4 Å². The molecule has 0 saturated carbocycles. The number of aromatic nitrogens is 2. The Kier molecular flexibility index (Phi) is 6.37. The van der Waals surface area contributed by atoms with E-state index >= 15 is 0 Å². The zero-order valence-corrected chi connectivity index (χ0v) is 15.4. The van der Waals surface area contributed by atoms with Crippen LogP contribution in [0.25, 0.3) is 5.57 Å². The quantitative estimate of drug-likeness (QED) is 0.416. The highest BCUT2D eigenvalue weighted by Crippen LogP contribution is 2.40. The second-order valence-electron chi connectivity index (χ2n) is 5.30. The van der Waals surface area contributed by atoms with Crippen molar-refractivity contribution in [2.75, 3.05) is 14.2 Å². The summed E-state index contributed by atoms with van der Waals surface area (Å²) in [6, 6.07) is 6.50. The maximum Gasteiger partial charge on any atom is 0.424 e. The summed E-state index contributed by atoms with van der Waals surface area (Å²) in [7, 11) is 3.83. The molecule has 10 heteroatoms. The first-order valence-corrected chi connectivity index (χ1v) is 7.90. The Balaban J connectivity index is 2.38. The van der Waals surface area contributed by atoms with Gasteiger partial charge < -0.3 is 14.2 Å². The molecule has 0 amide bonds. The smallest absolute Gasteiger partial charge is 0.424 e. The molecule has 0 fully saturated rings. The minimum Gasteiger partial charge on any atom is -0.503 e. The number of halogens is 4. The van der Waals surface area contributed by atoms with Gasteiger partial charge in [-0.1, -0.05) is 35.9 Å². The minimum atomic E-state index is -4.73. The molecule has 0 aliphatic carbocycles. The summed E-state index contributed by atoms with van der Waals surface area (Å²) in [6.07, 6.45) is -3.54. The molecule has 1 heterocycles. The molecule has 2 aromatic rings. The average Bonchev–Trinajstić information content (AvgIpc) is 2.91. The van der Waals surface area contributed by atoms with E-state index in [1.165, 1.54) is 27.5 Å². The van der Waals surface area contributed by atoms with Gasteiger partial charge >= 0.3 is 12.1 Å². The van der Waals surface area contributed by atoms with Crippen LogP contribution in [0, 0.1) is 0 Å². The Bertz CT molecular complexity index is 862. The van der Waals surface area contributed by atoms with Gasteiger partial charge in [0.25, 0.3) is 0 Å². The van der Waals surface area contributed by atoms with Gasteiger partial charge in [0.1, 0.15) is 17.3 Å². The zero-order valence-electron chi connectivity index (χ0n) is 14.6. The van der Waals surface area contributed by atoms with Crippen LogP contribution in [0.1, 0.15) is 16.7 Å². The van der Waals surface area contributed by atoms with Gasteiger partial charge in [-0.15, -0.1) is 5.10 Å². The van der Waals surface area contributed by atoms with E-state index in [-0.39, 0.29) is 12.2 Å². The van der Waals surface area contributed by atoms with Gasteiger partial charge in [0.05, 0.1) is 20.5 Å². The lowest BCUT2D eigenvalue weighted by Gasteiger charge is -2.13. The fourth-order valence-corrected chi connectivity index (χ4v) is 2.55. The number of ether oxygens (including phenoxy) is 3. The van der Waals surface area contributed by atoms with Crippen molar-refractivity contribution in [3.8, 4) is 5.88 Å². The third kappa shape index (κ3) is 4.54. The summed E-state index contributed by atoms with van der Waals surface area (Å²) in [5.41, 5.74) is -0.248. The van der Waals surface area contributed by atoms with E-state index in [2.05, 4.69) is 5.10 Å². The molecule has 2 rings (SSSR count). The maximum atomic E-state index is 13.2. The first-order chi connectivity index (χ1) is 12.7. The van der Waals surface area contributed by atoms with Gasteiger partial charge in [-0.3, -0.25) is 4.68 Å². The fourth-order valence-electron chi connectivity index (χ4n) is 2.32. The number of carbonyl (C=O) groups excluding carboxylic acids is 1. The van der Waals surface area contributed by atoms with Crippen LogP contribution in [-0.4, -0.2) is 30.0 Å². The highest BCUT2D eigenvalue weighted by atomic mass is 35.5. The summed E-state index contributed by atoms with van der Waals surface area (Å²) < 4.78 is 55.4. The molecule has 6 nitrogen and oxygen atoms in total. The molecule has 0 aliphatic rings. The van der Waals surface area contributed by atoms with E-state index in [9.17, 15) is 18.0 Å². The molecule has 0 unspecified atom stereocenters. The van der Waals surface area contributed by atoms with Crippen molar-refractivity contribution >= 4 is 23.1 Å². The van der Waals surface area contributed by atoms with E-state index in [0.717, 1.165) is 4.68 Å². The Morgan fingerprint density at radius 2 is 1.96 bits per heavy atom. The van der Waals surface area contributed by atoms with Gasteiger partial charge in [-0.05, 0) is 11.1 Å². The summed E-state index contributed by atoms with van der Waals surface area (Å²) in [4.78, 5) is 12.0. The van der Waals surface area contributed by atoms with Crippen molar-refractivity contribution in [1.82, 2.24) is 9.78 Å². The number of nitrogens with zero attached hydrogens (tertiary/aromatic N) is 2. The van der Waals surface area contributed by atoms with E-state index < -0.39 is 28.7 Å². The lowest BCUT2D eigenvalue weighted by Crippen LogP contribution is -2.10. The lowest BCUT2D eigenvalue weighted by molar-refractivity contribution is -0.139. The molecule has 0 N–H and O–H groups in total. The zero-order chi connectivity index (χ0) is 20.2. The number of hydrogen-bond acceptors (Lipinski definition) is 5. The molecule has 146 valence electrons. The molecule has 27 heavy (non-hydrogen) atoms. The van der Waals surface area contributed by atoms with Crippen molar-refractivity contribution < 1.29 is 32.2 Å². The standard InChI is InChI=1S/C17H16ClF3N2O4/c1-23-14(18)13(17(19,20)21)15(22-23)27-8-10-6-4-5-7-11(10)12(9-25-2)16(24)26-3/h4-7,9H,8H2,1-3H3/b12-9+. The molecule has 0 radical (unpaired) electrons. The predicted octanol–water partition coefficient (Wildman–Crippen LogP) is 3.83. The fraction of sp³-hybridized carbons (Fsp3) is 0.294. The maximum absolute atomic E-state index is 13.2. The van der Waals surface area contributed by atoms with Crippen LogP contribution in [-0.2, 0) is 34.1 Å². The normalized spacial score (nSPS) is 12.0. The lowest BCUT2D eigenvalue weighted by atomic mass is 10.0. The summed E-state index contributed by atoms with van der Waals surface area (Å²) in [6.45, 7) is -0.287. The highest BCUT2D eigenvalue weighted by molar-refractivity contribution is 6.30. The summed E-state index contributed by atoms with van der Waals surface area (Å²) >= 11 is 5.68. The van der Waals surface area contributed by atoms with Crippen LogP contribution in [0.4, 0.5) is 13.2 Å². The van der Waals surface area contributed by atoms with Gasteiger partial charge in [0, 0.05) is 7.05 Å². The molecule has 0 atom stereocenters. The van der Waals surface area contributed by atoms with Crippen molar-refractivity contribution in [2.45, 2.75) is 12.8 Å². The Labute approximate surface area is 158 Å². The number of benzene rings is 1. The summed E-state index contributed by atoms with van der Waals surface area (Å²) in [5, 5.41) is 3.08. The summed E-state index contributed by atoms with van der Waals surface area (Å²) in [5.74, 6) is -1.32. The van der Waals surface area contributed by atoms with Gasteiger partial charge in [0.15, 0.2) is 5.56 Å². The number of esters is 1. The molecule has 0 saturated heterocycles. The third-order valence-electron chi connectivity index (χ3n) is 3.54. The number of rotatable bonds is 6. The number of hydrogen-bond donors (Lipinski definition) is 0. The predicted molar refractivity (Wildman–Crippen MR) is 91.0 cm³/mol. The highest BCUT2D eigenvalue weighted by Gasteiger charge is 2.40. The minimum absolute atomic E-state index is 0.0919. The molecule has 1 aromatic carbocycles. The second kappa shape index (κ2) is 8.34. The van der Waals surface area contributed by atoms with Crippen LogP contribution in [0.15, 0.2) is 30.5 Å². The molecule has 0 bridgehead atoms. The van der Waals surface area contributed by atoms with Crippen LogP contribution < -0.4 is 4.74 Å². The first kappa shape index (κ1) is 20.6. The topological polar surface area (TPSA) is 62.6 Å². The average molecular weight is 405 g/mol. The Morgan fingerprint density at radius 3 is 2.56 bits per heavy atom. The van der Waals surface area contributed by atoms with Crippen molar-refractivity contribution in [1.29, 1.82) is 0 Å². The van der Waals surface area contributed by atoms with Crippen LogP contribution in [0.3, 0.4) is 0 Å². The van der Waals surface area contributed by atoms with E-state index in [4.69, 9.17) is 25.8 Å². The van der Waals surface area contributed by atoms with Gasteiger partial charge in [-0.2, -0.15) is 13.2 Å². The SMILES string of the molecule is CO/C=C(/C(=O)OC)c1ccccc1COc1nn(C)c(Cl)c1C(F)(F)F. The van der Waals surface area contributed by atoms with Crippen LogP contribution in [0.2, 0.25) is 5.15 Å².